The van der Waals surface area contributed by atoms with Gasteiger partial charge in [-0.25, -0.2) is 0 Å². The summed E-state index contributed by atoms with van der Waals surface area (Å²) < 4.78 is 0. The molecule has 29 heavy (non-hydrogen) atoms. The molecule has 3 aromatic carbocycles. The van der Waals surface area contributed by atoms with Crippen LogP contribution in [0.1, 0.15) is 28.4 Å². The molecule has 1 saturated heterocycles. The summed E-state index contributed by atoms with van der Waals surface area (Å²) in [5.41, 5.74) is 3.74. The number of phenolic OH excluding ortho intramolecular Hbond substituents is 3. The van der Waals surface area contributed by atoms with Crippen molar-refractivity contribution in [1.29, 1.82) is 0 Å². The zero-order chi connectivity index (χ0) is 20.4. The lowest BCUT2D eigenvalue weighted by molar-refractivity contribution is -1.09. The Morgan fingerprint density at radius 1 is 0.724 bits per heavy atom. The zero-order valence-electron chi connectivity index (χ0n) is 16.6. The lowest BCUT2D eigenvalue weighted by Crippen LogP contribution is -3.22. The van der Waals surface area contributed by atoms with Gasteiger partial charge in [0.2, 0.25) is 6.17 Å². The van der Waals surface area contributed by atoms with Gasteiger partial charge in [-0.05, 0) is 48.9 Å². The van der Waals surface area contributed by atoms with Crippen LogP contribution in [0, 0.1) is 6.92 Å². The van der Waals surface area contributed by atoms with E-state index in [9.17, 15) is 15.3 Å². The van der Waals surface area contributed by atoms with Crippen LogP contribution in [0.3, 0.4) is 0 Å². The summed E-state index contributed by atoms with van der Waals surface area (Å²) in [5, 5.41) is 31.2. The molecular weight excluding hydrogens is 364 g/mol. The van der Waals surface area contributed by atoms with E-state index < -0.39 is 0 Å². The summed E-state index contributed by atoms with van der Waals surface area (Å²) in [6.07, 6.45) is 0.00909. The van der Waals surface area contributed by atoms with Gasteiger partial charge >= 0.3 is 0 Å². The minimum Gasteiger partial charge on any atom is -0.507 e. The van der Waals surface area contributed by atoms with Crippen molar-refractivity contribution in [3.63, 3.8) is 0 Å². The SMILES string of the molecule is Cc1ccc(C2[NH+](Cc3ccccc3O)CC[NH+]2Cc2ccccc2O)c(O)c1. The number of rotatable bonds is 5. The van der Waals surface area contributed by atoms with Crippen LogP contribution in [0.5, 0.6) is 17.2 Å². The Morgan fingerprint density at radius 3 is 1.72 bits per heavy atom. The number of aryl methyl sites for hydroxylation is 1. The molecule has 0 spiro atoms. The second kappa shape index (κ2) is 8.15. The monoisotopic (exact) mass is 392 g/mol. The first-order valence-corrected chi connectivity index (χ1v) is 10.1. The second-order valence-electron chi connectivity index (χ2n) is 7.92. The molecule has 1 aliphatic rings. The van der Waals surface area contributed by atoms with Crippen LogP contribution >= 0.6 is 0 Å². The molecule has 150 valence electrons. The highest BCUT2D eigenvalue weighted by atomic mass is 16.3. The summed E-state index contributed by atoms with van der Waals surface area (Å²) >= 11 is 0. The Kier molecular flexibility index (Phi) is 5.43. The van der Waals surface area contributed by atoms with E-state index in [0.29, 0.717) is 30.3 Å². The first kappa shape index (κ1) is 19.3. The molecule has 1 fully saturated rings. The number of quaternary nitrogens is 2. The molecule has 2 atom stereocenters. The van der Waals surface area contributed by atoms with Crippen molar-refractivity contribution < 1.29 is 25.1 Å². The van der Waals surface area contributed by atoms with Crippen molar-refractivity contribution in [2.75, 3.05) is 13.1 Å². The van der Waals surface area contributed by atoms with Crippen LogP contribution < -0.4 is 9.80 Å². The predicted octanol–water partition coefficient (Wildman–Crippen LogP) is 1.29. The van der Waals surface area contributed by atoms with Crippen LogP contribution in [0.15, 0.2) is 66.7 Å². The normalized spacial score (nSPS) is 21.3. The number of hydrogen-bond donors (Lipinski definition) is 5. The van der Waals surface area contributed by atoms with Crippen LogP contribution in [-0.2, 0) is 13.1 Å². The maximum absolute atomic E-state index is 10.7. The average molecular weight is 392 g/mol. The first-order chi connectivity index (χ1) is 14.0. The number of hydrogen-bond acceptors (Lipinski definition) is 3. The van der Waals surface area contributed by atoms with Crippen molar-refractivity contribution >= 4 is 0 Å². The fourth-order valence-corrected chi connectivity index (χ4v) is 4.43. The number of nitrogens with one attached hydrogen (secondary N) is 2. The molecule has 1 heterocycles. The van der Waals surface area contributed by atoms with Gasteiger partial charge in [-0.2, -0.15) is 0 Å². The molecule has 0 aliphatic carbocycles. The Balaban J connectivity index is 1.68. The van der Waals surface area contributed by atoms with Crippen LogP contribution in [0.4, 0.5) is 0 Å². The summed E-state index contributed by atoms with van der Waals surface area (Å²) in [6, 6.07) is 20.7. The Morgan fingerprint density at radius 2 is 1.24 bits per heavy atom. The van der Waals surface area contributed by atoms with Crippen molar-refractivity contribution in [3.05, 3.63) is 89.0 Å². The van der Waals surface area contributed by atoms with Gasteiger partial charge < -0.3 is 15.3 Å². The van der Waals surface area contributed by atoms with Crippen LogP contribution in [-0.4, -0.2) is 28.4 Å². The third-order valence-electron chi connectivity index (χ3n) is 5.90. The van der Waals surface area contributed by atoms with Gasteiger partial charge in [0.15, 0.2) is 0 Å². The summed E-state index contributed by atoms with van der Waals surface area (Å²) in [7, 11) is 0. The number of phenols is 3. The molecule has 1 aliphatic heterocycles. The molecule has 3 aromatic rings. The third kappa shape index (κ3) is 4.06. The average Bonchev–Trinajstić information content (AvgIpc) is 3.07. The van der Waals surface area contributed by atoms with E-state index in [0.717, 1.165) is 35.3 Å². The Bertz CT molecular complexity index is 949. The molecule has 0 radical (unpaired) electrons. The van der Waals surface area contributed by atoms with E-state index in [1.807, 2.05) is 61.5 Å². The largest absolute Gasteiger partial charge is 0.507 e. The second-order valence-corrected chi connectivity index (χ2v) is 7.92. The van der Waals surface area contributed by atoms with E-state index in [2.05, 4.69) is 0 Å². The highest BCUT2D eigenvalue weighted by molar-refractivity contribution is 5.37. The molecule has 0 aromatic heterocycles. The van der Waals surface area contributed by atoms with Gasteiger partial charge in [-0.1, -0.05) is 30.3 Å². The predicted molar refractivity (Wildman–Crippen MR) is 111 cm³/mol. The van der Waals surface area contributed by atoms with E-state index in [1.165, 1.54) is 9.80 Å². The Hall–Kier alpha value is -3.02. The summed E-state index contributed by atoms with van der Waals surface area (Å²) in [5.74, 6) is 0.920. The van der Waals surface area contributed by atoms with Gasteiger partial charge in [0.25, 0.3) is 0 Å². The van der Waals surface area contributed by atoms with E-state index in [-0.39, 0.29) is 6.17 Å². The highest BCUT2D eigenvalue weighted by Crippen LogP contribution is 2.23. The minimum atomic E-state index is 0.00909. The maximum atomic E-state index is 10.7. The van der Waals surface area contributed by atoms with E-state index in [1.54, 1.807) is 12.1 Å². The quantitative estimate of drug-likeness (QED) is 0.455. The standard InChI is InChI=1S/C24H26N2O3/c1-17-10-11-20(23(29)14-17)24-25(15-18-6-2-4-8-21(18)27)12-13-26(24)16-19-7-3-5-9-22(19)28/h2-11,14,24,27-29H,12-13,15-16H2,1H3/p+2. The minimum absolute atomic E-state index is 0.00909. The van der Waals surface area contributed by atoms with Crippen molar-refractivity contribution in [1.82, 2.24) is 0 Å². The van der Waals surface area contributed by atoms with Gasteiger partial charge in [0, 0.05) is 11.1 Å². The van der Waals surface area contributed by atoms with Gasteiger partial charge in [0.1, 0.15) is 49.0 Å². The summed E-state index contributed by atoms with van der Waals surface area (Å²) in [4.78, 5) is 2.58. The molecule has 5 nitrogen and oxygen atoms in total. The summed E-state index contributed by atoms with van der Waals surface area (Å²) in [6.45, 7) is 5.14. The highest BCUT2D eigenvalue weighted by Gasteiger charge is 2.42. The number of aromatic hydroxyl groups is 3. The lowest BCUT2D eigenvalue weighted by atomic mass is 10.1. The van der Waals surface area contributed by atoms with Gasteiger partial charge in [-0.15, -0.1) is 0 Å². The third-order valence-corrected chi connectivity index (χ3v) is 5.90. The zero-order valence-corrected chi connectivity index (χ0v) is 16.6. The van der Waals surface area contributed by atoms with Crippen LogP contribution in [0.25, 0.3) is 0 Å². The maximum Gasteiger partial charge on any atom is 0.244 e. The molecule has 2 unspecified atom stereocenters. The van der Waals surface area contributed by atoms with Crippen molar-refractivity contribution in [2.45, 2.75) is 26.2 Å². The molecule has 4 rings (SSSR count). The fraction of sp³-hybridized carbons (Fsp3) is 0.250. The van der Waals surface area contributed by atoms with Crippen LogP contribution in [0.2, 0.25) is 0 Å². The van der Waals surface area contributed by atoms with Crippen molar-refractivity contribution in [3.8, 4) is 17.2 Å². The molecule has 0 saturated carbocycles. The molecule has 5 N–H and O–H groups in total. The smallest absolute Gasteiger partial charge is 0.244 e. The molecular formula is C24H28N2O3+2. The van der Waals surface area contributed by atoms with Gasteiger partial charge in [0.05, 0.1) is 0 Å². The van der Waals surface area contributed by atoms with Crippen molar-refractivity contribution in [2.24, 2.45) is 0 Å². The first-order valence-electron chi connectivity index (χ1n) is 10.1. The van der Waals surface area contributed by atoms with E-state index in [4.69, 9.17) is 0 Å². The number of para-hydroxylation sites is 2. The topological polar surface area (TPSA) is 69.6 Å². The van der Waals surface area contributed by atoms with E-state index >= 15 is 0 Å². The molecule has 5 heteroatoms. The fourth-order valence-electron chi connectivity index (χ4n) is 4.43. The molecule has 0 bridgehead atoms. The Labute approximate surface area is 171 Å². The number of benzene rings is 3. The molecule has 0 amide bonds. The van der Waals surface area contributed by atoms with Gasteiger partial charge in [-0.3, -0.25) is 9.80 Å². The lowest BCUT2D eigenvalue weighted by Gasteiger charge is -2.25.